The second kappa shape index (κ2) is 5.59. The molecule has 11 heavy (non-hydrogen) atoms. The monoisotopic (exact) mass is 154 g/mol. The molecule has 2 radical (unpaired) electrons. The zero-order chi connectivity index (χ0) is 7.94. The molecule has 1 nitrogen and oxygen atoms in total. The van der Waals surface area contributed by atoms with Gasteiger partial charge in [-0.25, -0.2) is 0 Å². The summed E-state index contributed by atoms with van der Waals surface area (Å²) in [5, 5.41) is 0. The highest BCUT2D eigenvalue weighted by Crippen LogP contribution is 2.22. The molecular formula is C10H18O. The largest absolute Gasteiger partial charge is 0.376 e. The van der Waals surface area contributed by atoms with E-state index in [9.17, 15) is 0 Å². The van der Waals surface area contributed by atoms with E-state index in [0.29, 0.717) is 0 Å². The van der Waals surface area contributed by atoms with Crippen LogP contribution in [0.25, 0.3) is 0 Å². The standard InChI is InChI=1S/C10H18O/c1-2-5-10-6-3-4-8-11-9-7-10/h9-10H,1-8H2. The predicted octanol–water partition coefficient (Wildman–Crippen LogP) is 2.97. The van der Waals surface area contributed by atoms with Gasteiger partial charge in [-0.3, -0.25) is 0 Å². The molecule has 0 aromatic rings. The Morgan fingerprint density at radius 3 is 3.18 bits per heavy atom. The Kier molecular flexibility index (Phi) is 4.60. The molecule has 0 aromatic carbocycles. The Bertz CT molecular complexity index is 82.9. The van der Waals surface area contributed by atoms with Gasteiger partial charge in [0.2, 0.25) is 0 Å². The van der Waals surface area contributed by atoms with E-state index in [1.54, 1.807) is 0 Å². The summed E-state index contributed by atoms with van der Waals surface area (Å²) in [4.78, 5) is 0. The summed E-state index contributed by atoms with van der Waals surface area (Å²) in [7, 11) is 0. The molecule has 1 heterocycles. The van der Waals surface area contributed by atoms with Crippen LogP contribution in [0.3, 0.4) is 0 Å². The fraction of sp³-hybridized carbons (Fsp3) is 0.800. The van der Waals surface area contributed by atoms with Gasteiger partial charge in [0.15, 0.2) is 0 Å². The third-order valence-electron chi connectivity index (χ3n) is 2.28. The summed E-state index contributed by atoms with van der Waals surface area (Å²) >= 11 is 0. The van der Waals surface area contributed by atoms with E-state index in [-0.39, 0.29) is 0 Å². The Morgan fingerprint density at radius 1 is 1.45 bits per heavy atom. The SMILES string of the molecule is [CH2]CCC1C[CH]OCCCC1. The first-order valence-electron chi connectivity index (χ1n) is 4.66. The smallest absolute Gasteiger partial charge is 0.0839 e. The second-order valence-corrected chi connectivity index (χ2v) is 3.28. The first-order chi connectivity index (χ1) is 5.43. The quantitative estimate of drug-likeness (QED) is 0.594. The van der Waals surface area contributed by atoms with Crippen LogP contribution >= 0.6 is 0 Å². The topological polar surface area (TPSA) is 9.23 Å². The maximum atomic E-state index is 5.31. The lowest BCUT2D eigenvalue weighted by atomic mass is 9.93. The van der Waals surface area contributed by atoms with E-state index in [1.165, 1.54) is 25.7 Å². The highest BCUT2D eigenvalue weighted by molar-refractivity contribution is 4.67. The van der Waals surface area contributed by atoms with Crippen molar-refractivity contribution in [2.45, 2.75) is 38.5 Å². The van der Waals surface area contributed by atoms with Gasteiger partial charge in [-0.05, 0) is 18.8 Å². The van der Waals surface area contributed by atoms with Crippen molar-refractivity contribution in [3.8, 4) is 0 Å². The van der Waals surface area contributed by atoms with Crippen LogP contribution in [0.15, 0.2) is 0 Å². The molecule has 0 aromatic heterocycles. The minimum Gasteiger partial charge on any atom is -0.376 e. The molecule has 0 saturated carbocycles. The molecule has 1 aliphatic rings. The molecule has 0 amide bonds. The van der Waals surface area contributed by atoms with Crippen molar-refractivity contribution >= 4 is 0 Å². The van der Waals surface area contributed by atoms with Crippen LogP contribution in [0.1, 0.15) is 38.5 Å². The van der Waals surface area contributed by atoms with Crippen LogP contribution in [-0.2, 0) is 4.74 Å². The van der Waals surface area contributed by atoms with Gasteiger partial charge >= 0.3 is 0 Å². The van der Waals surface area contributed by atoms with Crippen molar-refractivity contribution < 1.29 is 4.74 Å². The molecular weight excluding hydrogens is 136 g/mol. The van der Waals surface area contributed by atoms with Gasteiger partial charge in [-0.1, -0.05) is 32.6 Å². The van der Waals surface area contributed by atoms with Crippen LogP contribution in [0.4, 0.5) is 0 Å². The molecule has 1 aliphatic heterocycles. The van der Waals surface area contributed by atoms with E-state index < -0.39 is 0 Å². The first kappa shape index (κ1) is 9.05. The molecule has 0 N–H and O–H groups in total. The first-order valence-corrected chi connectivity index (χ1v) is 4.66. The Balaban J connectivity index is 2.15. The summed E-state index contributed by atoms with van der Waals surface area (Å²) in [5.74, 6) is 0.841. The van der Waals surface area contributed by atoms with Gasteiger partial charge in [0.05, 0.1) is 6.61 Å². The Labute approximate surface area is 70.1 Å². The second-order valence-electron chi connectivity index (χ2n) is 3.28. The molecule has 0 aliphatic carbocycles. The minimum atomic E-state index is 0.841. The van der Waals surface area contributed by atoms with Crippen molar-refractivity contribution in [1.82, 2.24) is 0 Å². The molecule has 1 rings (SSSR count). The van der Waals surface area contributed by atoms with Crippen molar-refractivity contribution in [2.75, 3.05) is 6.61 Å². The maximum absolute atomic E-state index is 5.31. The fourth-order valence-corrected chi connectivity index (χ4v) is 1.57. The van der Waals surface area contributed by atoms with Gasteiger partial charge in [0.1, 0.15) is 0 Å². The summed E-state index contributed by atoms with van der Waals surface area (Å²) in [5.41, 5.74) is 0. The van der Waals surface area contributed by atoms with Gasteiger partial charge in [0, 0.05) is 6.61 Å². The average molecular weight is 154 g/mol. The summed E-state index contributed by atoms with van der Waals surface area (Å²) in [6, 6.07) is 0. The van der Waals surface area contributed by atoms with Crippen molar-refractivity contribution in [2.24, 2.45) is 5.92 Å². The molecule has 1 saturated heterocycles. The lowest BCUT2D eigenvalue weighted by Crippen LogP contribution is -2.06. The predicted molar refractivity (Wildman–Crippen MR) is 46.8 cm³/mol. The Morgan fingerprint density at radius 2 is 2.36 bits per heavy atom. The van der Waals surface area contributed by atoms with Gasteiger partial charge in [-0.15, -0.1) is 0 Å². The highest BCUT2D eigenvalue weighted by atomic mass is 16.5. The number of ether oxygens (including phenoxy) is 1. The lowest BCUT2D eigenvalue weighted by Gasteiger charge is -2.18. The van der Waals surface area contributed by atoms with Crippen LogP contribution in [0.5, 0.6) is 0 Å². The molecule has 0 bridgehead atoms. The minimum absolute atomic E-state index is 0.841. The fourth-order valence-electron chi connectivity index (χ4n) is 1.57. The maximum Gasteiger partial charge on any atom is 0.0839 e. The summed E-state index contributed by atoms with van der Waals surface area (Å²) < 4.78 is 5.31. The van der Waals surface area contributed by atoms with E-state index in [2.05, 4.69) is 6.92 Å². The van der Waals surface area contributed by atoms with Crippen molar-refractivity contribution in [3.05, 3.63) is 13.5 Å². The summed E-state index contributed by atoms with van der Waals surface area (Å²) in [6.45, 7) is 6.79. The molecule has 1 heteroatoms. The van der Waals surface area contributed by atoms with Crippen LogP contribution in [0.2, 0.25) is 0 Å². The third kappa shape index (κ3) is 3.76. The number of hydrogen-bond acceptors (Lipinski definition) is 1. The molecule has 1 fully saturated rings. The van der Waals surface area contributed by atoms with Crippen LogP contribution < -0.4 is 0 Å². The van der Waals surface area contributed by atoms with E-state index >= 15 is 0 Å². The van der Waals surface area contributed by atoms with Crippen LogP contribution in [0, 0.1) is 19.4 Å². The number of hydrogen-bond donors (Lipinski definition) is 0. The van der Waals surface area contributed by atoms with Crippen molar-refractivity contribution in [1.29, 1.82) is 0 Å². The average Bonchev–Trinajstić information content (AvgIpc) is 1.94. The lowest BCUT2D eigenvalue weighted by molar-refractivity contribution is 0.154. The third-order valence-corrected chi connectivity index (χ3v) is 2.28. The molecule has 1 atom stereocenters. The van der Waals surface area contributed by atoms with Gasteiger partial charge in [-0.2, -0.15) is 0 Å². The zero-order valence-corrected chi connectivity index (χ0v) is 7.22. The molecule has 64 valence electrons. The van der Waals surface area contributed by atoms with E-state index in [4.69, 9.17) is 4.74 Å². The highest BCUT2D eigenvalue weighted by Gasteiger charge is 2.09. The molecule has 0 spiro atoms. The van der Waals surface area contributed by atoms with Crippen LogP contribution in [-0.4, -0.2) is 6.61 Å². The Hall–Kier alpha value is -0.0400. The molecule has 1 unspecified atom stereocenters. The summed E-state index contributed by atoms with van der Waals surface area (Å²) in [6.07, 6.45) is 7.39. The van der Waals surface area contributed by atoms with Crippen molar-refractivity contribution in [3.63, 3.8) is 0 Å². The van der Waals surface area contributed by atoms with E-state index in [0.717, 1.165) is 25.4 Å². The van der Waals surface area contributed by atoms with Gasteiger partial charge < -0.3 is 4.74 Å². The van der Waals surface area contributed by atoms with E-state index in [1.807, 2.05) is 6.61 Å². The van der Waals surface area contributed by atoms with Gasteiger partial charge in [0.25, 0.3) is 0 Å². The zero-order valence-electron chi connectivity index (χ0n) is 7.22. The normalized spacial score (nSPS) is 27.5. The number of rotatable bonds is 2.